The fraction of sp³-hybridized carbons (Fsp3) is 0.571. The highest BCUT2D eigenvalue weighted by molar-refractivity contribution is 5.29. The summed E-state index contributed by atoms with van der Waals surface area (Å²) in [5.41, 5.74) is 6.22. The number of nitrogens with two attached hydrogens (primary N) is 1. The fourth-order valence-corrected chi connectivity index (χ4v) is 1.89. The van der Waals surface area contributed by atoms with Crippen LogP contribution in [0.15, 0.2) is 18.2 Å². The molecule has 1 rings (SSSR count). The predicted octanol–water partition coefficient (Wildman–Crippen LogP) is 3.35. The van der Waals surface area contributed by atoms with Crippen LogP contribution in [-0.2, 0) is 6.54 Å². The van der Waals surface area contributed by atoms with Crippen molar-refractivity contribution >= 4 is 0 Å². The zero-order valence-electron chi connectivity index (χ0n) is 10.9. The Hall–Kier alpha value is -1.09. The third-order valence-electron chi connectivity index (χ3n) is 2.63. The Bertz CT molecular complexity index is 352. The molecule has 0 spiro atoms. The zero-order valence-corrected chi connectivity index (χ0v) is 10.9. The molecule has 0 bridgehead atoms. The number of hydrogen-bond acceptors (Lipinski definition) is 2. The largest absolute Gasteiger partial charge is 0.490 e. The lowest BCUT2D eigenvalue weighted by molar-refractivity contribution is 0.230. The van der Waals surface area contributed by atoms with Gasteiger partial charge in [0.2, 0.25) is 0 Å². The lowest BCUT2D eigenvalue weighted by Crippen LogP contribution is -2.11. The van der Waals surface area contributed by atoms with Gasteiger partial charge in [-0.2, -0.15) is 0 Å². The smallest absolute Gasteiger partial charge is 0.165 e. The van der Waals surface area contributed by atoms with E-state index in [1.54, 1.807) is 12.1 Å². The molecular formula is C14H22FNO. The number of ether oxygens (including phenoxy) is 1. The molecule has 0 fully saturated rings. The monoisotopic (exact) mass is 239 g/mol. The molecule has 96 valence electrons. The van der Waals surface area contributed by atoms with Gasteiger partial charge in [0.05, 0.1) is 6.61 Å². The van der Waals surface area contributed by atoms with Gasteiger partial charge in [-0.1, -0.05) is 26.8 Å². The van der Waals surface area contributed by atoms with Crippen molar-refractivity contribution in [2.75, 3.05) is 6.61 Å². The van der Waals surface area contributed by atoms with Crippen molar-refractivity contribution in [3.63, 3.8) is 0 Å². The number of hydrogen-bond donors (Lipinski definition) is 1. The maximum absolute atomic E-state index is 13.6. The van der Waals surface area contributed by atoms with Gasteiger partial charge >= 0.3 is 0 Å². The second-order valence-corrected chi connectivity index (χ2v) is 5.01. The van der Waals surface area contributed by atoms with Crippen LogP contribution in [-0.4, -0.2) is 6.61 Å². The Balaban J connectivity index is 2.51. The van der Waals surface area contributed by atoms with Gasteiger partial charge in [-0.3, -0.25) is 0 Å². The first kappa shape index (κ1) is 14.0. The van der Waals surface area contributed by atoms with Gasteiger partial charge in [-0.15, -0.1) is 0 Å². The highest BCUT2D eigenvalue weighted by Crippen LogP contribution is 2.20. The molecule has 0 radical (unpaired) electrons. The summed E-state index contributed by atoms with van der Waals surface area (Å²) in [6.45, 7) is 7.37. The Morgan fingerprint density at radius 2 is 2.00 bits per heavy atom. The minimum Gasteiger partial charge on any atom is -0.490 e. The van der Waals surface area contributed by atoms with Gasteiger partial charge in [-0.25, -0.2) is 4.39 Å². The van der Waals surface area contributed by atoms with Crippen LogP contribution in [0.1, 0.15) is 32.8 Å². The number of benzene rings is 1. The van der Waals surface area contributed by atoms with Gasteiger partial charge in [-0.05, 0) is 36.0 Å². The predicted molar refractivity (Wildman–Crippen MR) is 68.4 cm³/mol. The van der Waals surface area contributed by atoms with Crippen LogP contribution in [0.4, 0.5) is 4.39 Å². The standard InChI is InChI=1S/C14H22FNO/c1-10(2)6-11(3)9-17-14-5-4-12(8-16)7-13(14)15/h4-5,7,10-11H,6,8-9,16H2,1-3H3. The second kappa shape index (κ2) is 6.60. The van der Waals surface area contributed by atoms with Gasteiger partial charge in [0, 0.05) is 6.54 Å². The molecule has 1 atom stereocenters. The molecule has 17 heavy (non-hydrogen) atoms. The van der Waals surface area contributed by atoms with E-state index in [2.05, 4.69) is 20.8 Å². The quantitative estimate of drug-likeness (QED) is 0.826. The average molecular weight is 239 g/mol. The van der Waals surface area contributed by atoms with Crippen LogP contribution in [0, 0.1) is 17.7 Å². The van der Waals surface area contributed by atoms with E-state index >= 15 is 0 Å². The summed E-state index contributed by atoms with van der Waals surface area (Å²) < 4.78 is 19.1. The summed E-state index contributed by atoms with van der Waals surface area (Å²) >= 11 is 0. The normalized spacial score (nSPS) is 12.8. The molecule has 1 aromatic rings. The molecule has 2 N–H and O–H groups in total. The van der Waals surface area contributed by atoms with Crippen molar-refractivity contribution in [1.29, 1.82) is 0 Å². The van der Waals surface area contributed by atoms with E-state index in [0.717, 1.165) is 12.0 Å². The SMILES string of the molecule is CC(C)CC(C)COc1ccc(CN)cc1F. The molecule has 0 amide bonds. The lowest BCUT2D eigenvalue weighted by Gasteiger charge is -2.15. The van der Waals surface area contributed by atoms with Crippen LogP contribution >= 0.6 is 0 Å². The highest BCUT2D eigenvalue weighted by Gasteiger charge is 2.09. The molecule has 0 heterocycles. The van der Waals surface area contributed by atoms with E-state index < -0.39 is 0 Å². The van der Waals surface area contributed by atoms with Crippen molar-refractivity contribution in [2.24, 2.45) is 17.6 Å². The van der Waals surface area contributed by atoms with Gasteiger partial charge < -0.3 is 10.5 Å². The molecular weight excluding hydrogens is 217 g/mol. The second-order valence-electron chi connectivity index (χ2n) is 5.01. The Morgan fingerprint density at radius 3 is 2.53 bits per heavy atom. The molecule has 1 aromatic carbocycles. The third-order valence-corrected chi connectivity index (χ3v) is 2.63. The topological polar surface area (TPSA) is 35.2 Å². The van der Waals surface area contributed by atoms with Gasteiger partial charge in [0.1, 0.15) is 0 Å². The van der Waals surface area contributed by atoms with Crippen LogP contribution in [0.2, 0.25) is 0 Å². The van der Waals surface area contributed by atoms with Crippen molar-refractivity contribution in [1.82, 2.24) is 0 Å². The molecule has 2 nitrogen and oxygen atoms in total. The zero-order chi connectivity index (χ0) is 12.8. The Kier molecular flexibility index (Phi) is 5.42. The third kappa shape index (κ3) is 4.73. The summed E-state index contributed by atoms with van der Waals surface area (Å²) in [6, 6.07) is 4.88. The molecule has 0 aromatic heterocycles. The highest BCUT2D eigenvalue weighted by atomic mass is 19.1. The molecule has 0 saturated heterocycles. The van der Waals surface area contributed by atoms with Gasteiger partial charge in [0.25, 0.3) is 0 Å². The van der Waals surface area contributed by atoms with Crippen molar-refractivity contribution in [3.05, 3.63) is 29.6 Å². The van der Waals surface area contributed by atoms with E-state index in [1.165, 1.54) is 6.07 Å². The van der Waals surface area contributed by atoms with E-state index in [4.69, 9.17) is 10.5 Å². The van der Waals surface area contributed by atoms with Crippen molar-refractivity contribution in [2.45, 2.75) is 33.7 Å². The molecule has 1 unspecified atom stereocenters. The van der Waals surface area contributed by atoms with E-state index in [-0.39, 0.29) is 5.82 Å². The summed E-state index contributed by atoms with van der Waals surface area (Å²) in [6.07, 6.45) is 1.09. The summed E-state index contributed by atoms with van der Waals surface area (Å²) in [4.78, 5) is 0. The summed E-state index contributed by atoms with van der Waals surface area (Å²) in [5.74, 6) is 1.06. The molecule has 0 saturated carbocycles. The number of halogens is 1. The van der Waals surface area contributed by atoms with Crippen LogP contribution in [0.3, 0.4) is 0 Å². The van der Waals surface area contributed by atoms with Crippen LogP contribution in [0.25, 0.3) is 0 Å². The molecule has 0 aliphatic heterocycles. The fourth-order valence-electron chi connectivity index (χ4n) is 1.89. The molecule has 0 aliphatic carbocycles. The maximum atomic E-state index is 13.6. The van der Waals surface area contributed by atoms with Gasteiger partial charge in [0.15, 0.2) is 11.6 Å². The van der Waals surface area contributed by atoms with Crippen LogP contribution < -0.4 is 10.5 Å². The first-order valence-electron chi connectivity index (χ1n) is 6.14. The van der Waals surface area contributed by atoms with Crippen LogP contribution in [0.5, 0.6) is 5.75 Å². The average Bonchev–Trinajstić information content (AvgIpc) is 2.26. The van der Waals surface area contributed by atoms with Crippen molar-refractivity contribution in [3.8, 4) is 5.75 Å². The number of rotatable bonds is 6. The van der Waals surface area contributed by atoms with Crippen molar-refractivity contribution < 1.29 is 9.13 Å². The maximum Gasteiger partial charge on any atom is 0.165 e. The molecule has 3 heteroatoms. The summed E-state index contributed by atoms with van der Waals surface area (Å²) in [5, 5.41) is 0. The van der Waals surface area contributed by atoms with E-state index in [0.29, 0.717) is 30.7 Å². The van der Waals surface area contributed by atoms with E-state index in [1.807, 2.05) is 0 Å². The minimum absolute atomic E-state index is 0.317. The molecule has 0 aliphatic rings. The Morgan fingerprint density at radius 1 is 1.29 bits per heavy atom. The van der Waals surface area contributed by atoms with E-state index in [9.17, 15) is 4.39 Å². The lowest BCUT2D eigenvalue weighted by atomic mass is 10.00. The first-order valence-corrected chi connectivity index (χ1v) is 6.14. The first-order chi connectivity index (χ1) is 8.02. The Labute approximate surface area is 103 Å². The minimum atomic E-state index is -0.329. The summed E-state index contributed by atoms with van der Waals surface area (Å²) in [7, 11) is 0.